The zero-order valence-electron chi connectivity index (χ0n) is 13.7. The van der Waals surface area contributed by atoms with Gasteiger partial charge in [0, 0.05) is 45.4 Å². The van der Waals surface area contributed by atoms with Crippen molar-refractivity contribution in [1.82, 2.24) is 4.90 Å². The second-order valence-electron chi connectivity index (χ2n) is 6.73. The minimum atomic E-state index is -0.0780. The lowest BCUT2D eigenvalue weighted by atomic mass is 10.0. The van der Waals surface area contributed by atoms with E-state index in [1.807, 2.05) is 6.07 Å². The van der Waals surface area contributed by atoms with Crippen LogP contribution in [0.15, 0.2) is 18.2 Å². The smallest absolute Gasteiger partial charge is 0.146 e. The van der Waals surface area contributed by atoms with Crippen molar-refractivity contribution in [2.45, 2.75) is 38.6 Å². The molecule has 0 bridgehead atoms. The molecule has 3 nitrogen and oxygen atoms in total. The summed E-state index contributed by atoms with van der Waals surface area (Å²) in [7, 11) is 0. The van der Waals surface area contributed by atoms with Crippen LogP contribution >= 0.6 is 0 Å². The number of piperazine rings is 1. The fraction of sp³-hybridized carbons (Fsp3) is 0.667. The predicted molar refractivity (Wildman–Crippen MR) is 88.1 cm³/mol. The standard InChI is InChI=1S/C18H27FN2O/c1-14(2)15-3-4-18(17(19)13-15)21-9-7-20(8-10-21)16-5-11-22-12-6-16/h3-4,13-14,16H,5-12H2,1-2H3. The third kappa shape index (κ3) is 3.44. The van der Waals surface area contributed by atoms with Gasteiger partial charge in [0.15, 0.2) is 0 Å². The van der Waals surface area contributed by atoms with Crippen molar-refractivity contribution < 1.29 is 9.13 Å². The Hall–Kier alpha value is -1.13. The van der Waals surface area contributed by atoms with Gasteiger partial charge in [0.25, 0.3) is 0 Å². The first kappa shape index (κ1) is 15.8. The maximum absolute atomic E-state index is 14.4. The van der Waals surface area contributed by atoms with Crippen LogP contribution in [0.1, 0.15) is 38.2 Å². The Morgan fingerprint density at radius 2 is 1.77 bits per heavy atom. The van der Waals surface area contributed by atoms with Crippen LogP contribution in [0.2, 0.25) is 0 Å². The largest absolute Gasteiger partial charge is 0.381 e. The van der Waals surface area contributed by atoms with Gasteiger partial charge in [0.1, 0.15) is 5.82 Å². The van der Waals surface area contributed by atoms with Crippen molar-refractivity contribution in [3.8, 4) is 0 Å². The average molecular weight is 306 g/mol. The molecule has 0 saturated carbocycles. The Kier molecular flexibility index (Phi) is 4.99. The Bertz CT molecular complexity index is 492. The van der Waals surface area contributed by atoms with E-state index in [-0.39, 0.29) is 5.82 Å². The Morgan fingerprint density at radius 1 is 1.09 bits per heavy atom. The molecule has 1 aromatic rings. The van der Waals surface area contributed by atoms with Crippen LogP contribution < -0.4 is 4.90 Å². The van der Waals surface area contributed by atoms with Crippen molar-refractivity contribution in [3.63, 3.8) is 0 Å². The van der Waals surface area contributed by atoms with Crippen LogP contribution in [0.5, 0.6) is 0 Å². The second-order valence-corrected chi connectivity index (χ2v) is 6.73. The molecule has 0 spiro atoms. The van der Waals surface area contributed by atoms with Gasteiger partial charge in [-0.2, -0.15) is 0 Å². The van der Waals surface area contributed by atoms with Crippen molar-refractivity contribution in [1.29, 1.82) is 0 Å². The zero-order chi connectivity index (χ0) is 15.5. The first-order valence-corrected chi connectivity index (χ1v) is 8.51. The van der Waals surface area contributed by atoms with E-state index in [1.165, 1.54) is 0 Å². The highest BCUT2D eigenvalue weighted by atomic mass is 19.1. The highest BCUT2D eigenvalue weighted by Gasteiger charge is 2.26. The Balaban J connectivity index is 1.61. The normalized spacial score (nSPS) is 21.5. The van der Waals surface area contributed by atoms with E-state index in [4.69, 9.17) is 4.74 Å². The molecule has 0 unspecified atom stereocenters. The summed E-state index contributed by atoms with van der Waals surface area (Å²) in [5.41, 5.74) is 1.83. The van der Waals surface area contributed by atoms with Crippen molar-refractivity contribution in [2.24, 2.45) is 0 Å². The molecule has 1 aromatic carbocycles. The molecule has 2 aliphatic heterocycles. The summed E-state index contributed by atoms with van der Waals surface area (Å²) < 4.78 is 19.8. The Labute approximate surface area is 133 Å². The van der Waals surface area contributed by atoms with Gasteiger partial charge in [-0.25, -0.2) is 4.39 Å². The third-order valence-electron chi connectivity index (χ3n) is 5.00. The summed E-state index contributed by atoms with van der Waals surface area (Å²) in [4.78, 5) is 4.74. The van der Waals surface area contributed by atoms with Gasteiger partial charge in [0.2, 0.25) is 0 Å². The molecule has 0 aromatic heterocycles. The van der Waals surface area contributed by atoms with Gasteiger partial charge in [-0.1, -0.05) is 19.9 Å². The lowest BCUT2D eigenvalue weighted by Gasteiger charge is -2.41. The van der Waals surface area contributed by atoms with E-state index < -0.39 is 0 Å². The number of halogens is 1. The van der Waals surface area contributed by atoms with Gasteiger partial charge in [0.05, 0.1) is 5.69 Å². The van der Waals surface area contributed by atoms with Gasteiger partial charge in [-0.15, -0.1) is 0 Å². The molecular weight excluding hydrogens is 279 g/mol. The highest BCUT2D eigenvalue weighted by Crippen LogP contribution is 2.26. The summed E-state index contributed by atoms with van der Waals surface area (Å²) in [6.45, 7) is 9.84. The maximum Gasteiger partial charge on any atom is 0.146 e. The van der Waals surface area contributed by atoms with Crippen LogP contribution in [0.3, 0.4) is 0 Å². The lowest BCUT2D eigenvalue weighted by Crippen LogP contribution is -2.51. The van der Waals surface area contributed by atoms with Crippen LogP contribution in [0.25, 0.3) is 0 Å². The van der Waals surface area contributed by atoms with Crippen molar-refractivity contribution >= 4 is 5.69 Å². The molecule has 2 saturated heterocycles. The second kappa shape index (κ2) is 6.97. The van der Waals surface area contributed by atoms with E-state index in [2.05, 4.69) is 29.7 Å². The number of rotatable bonds is 3. The minimum Gasteiger partial charge on any atom is -0.381 e. The van der Waals surface area contributed by atoms with E-state index >= 15 is 0 Å². The quantitative estimate of drug-likeness (QED) is 0.852. The molecule has 0 N–H and O–H groups in total. The van der Waals surface area contributed by atoms with Crippen molar-refractivity contribution in [3.05, 3.63) is 29.6 Å². The Morgan fingerprint density at radius 3 is 2.36 bits per heavy atom. The number of anilines is 1. The monoisotopic (exact) mass is 306 g/mol. The van der Waals surface area contributed by atoms with Crippen molar-refractivity contribution in [2.75, 3.05) is 44.3 Å². The summed E-state index contributed by atoms with van der Waals surface area (Å²) in [6.07, 6.45) is 2.27. The van der Waals surface area contributed by atoms with Gasteiger partial charge < -0.3 is 9.64 Å². The van der Waals surface area contributed by atoms with E-state index in [1.54, 1.807) is 6.07 Å². The summed E-state index contributed by atoms with van der Waals surface area (Å²) in [5, 5.41) is 0. The van der Waals surface area contributed by atoms with E-state index in [0.717, 1.165) is 63.5 Å². The SMILES string of the molecule is CC(C)c1ccc(N2CCN(C3CCOCC3)CC2)c(F)c1. The first-order chi connectivity index (χ1) is 10.6. The molecule has 2 heterocycles. The fourth-order valence-electron chi connectivity index (χ4n) is 3.52. The molecule has 0 amide bonds. The van der Waals surface area contributed by atoms with E-state index in [9.17, 15) is 4.39 Å². The number of nitrogens with zero attached hydrogens (tertiary/aromatic N) is 2. The summed E-state index contributed by atoms with van der Waals surface area (Å²) in [5.74, 6) is 0.291. The van der Waals surface area contributed by atoms with E-state index in [0.29, 0.717) is 12.0 Å². The van der Waals surface area contributed by atoms with Crippen LogP contribution in [-0.2, 0) is 4.74 Å². The number of benzene rings is 1. The summed E-state index contributed by atoms with van der Waals surface area (Å²) >= 11 is 0. The first-order valence-electron chi connectivity index (χ1n) is 8.51. The molecule has 0 atom stereocenters. The lowest BCUT2D eigenvalue weighted by molar-refractivity contribution is 0.0321. The number of hydrogen-bond donors (Lipinski definition) is 0. The van der Waals surface area contributed by atoms with Crippen LogP contribution in [-0.4, -0.2) is 50.3 Å². The topological polar surface area (TPSA) is 15.7 Å². The molecule has 2 aliphatic rings. The third-order valence-corrected chi connectivity index (χ3v) is 5.00. The molecular formula is C18H27FN2O. The zero-order valence-corrected chi connectivity index (χ0v) is 13.7. The minimum absolute atomic E-state index is 0.0780. The molecule has 122 valence electrons. The maximum atomic E-state index is 14.4. The van der Waals surface area contributed by atoms with Crippen LogP contribution in [0.4, 0.5) is 10.1 Å². The van der Waals surface area contributed by atoms with Crippen LogP contribution in [0, 0.1) is 5.82 Å². The molecule has 0 radical (unpaired) electrons. The summed E-state index contributed by atoms with van der Waals surface area (Å²) in [6, 6.07) is 6.37. The van der Waals surface area contributed by atoms with Gasteiger partial charge in [-0.05, 0) is 36.5 Å². The average Bonchev–Trinajstić information content (AvgIpc) is 2.56. The fourth-order valence-corrected chi connectivity index (χ4v) is 3.52. The highest BCUT2D eigenvalue weighted by molar-refractivity contribution is 5.50. The van der Waals surface area contributed by atoms with Gasteiger partial charge in [-0.3, -0.25) is 4.90 Å². The molecule has 22 heavy (non-hydrogen) atoms. The molecule has 2 fully saturated rings. The molecule has 0 aliphatic carbocycles. The van der Waals surface area contributed by atoms with Gasteiger partial charge >= 0.3 is 0 Å². The molecule has 4 heteroatoms. The number of hydrogen-bond acceptors (Lipinski definition) is 3. The molecule has 3 rings (SSSR count). The predicted octanol–water partition coefficient (Wildman–Crippen LogP) is 3.25. The number of ether oxygens (including phenoxy) is 1.